The zero-order valence-electron chi connectivity index (χ0n) is 49.1. The average Bonchev–Trinajstić information content (AvgIpc) is 3.40. The monoisotopic (exact) mass is 1030 g/mol. The van der Waals surface area contributed by atoms with Crippen molar-refractivity contribution in [2.45, 2.75) is 329 Å². The summed E-state index contributed by atoms with van der Waals surface area (Å²) in [6.45, 7) is 6.55. The number of esters is 3. The van der Waals surface area contributed by atoms with Gasteiger partial charge in [-0.05, 0) is 89.9 Å². The van der Waals surface area contributed by atoms with Crippen molar-refractivity contribution in [3.8, 4) is 0 Å². The minimum atomic E-state index is -0.783. The zero-order chi connectivity index (χ0) is 53.6. The number of rotatable bonds is 58. The van der Waals surface area contributed by atoms with E-state index in [1.165, 1.54) is 180 Å². The molecule has 428 valence electrons. The summed E-state index contributed by atoms with van der Waals surface area (Å²) in [5, 5.41) is 0. The molecular formula is C68H120O6. The fourth-order valence-corrected chi connectivity index (χ4v) is 9.17. The van der Waals surface area contributed by atoms with Crippen LogP contribution >= 0.6 is 0 Å². The highest BCUT2D eigenvalue weighted by Crippen LogP contribution is 2.17. The van der Waals surface area contributed by atoms with Crippen molar-refractivity contribution < 1.29 is 28.6 Å². The van der Waals surface area contributed by atoms with Gasteiger partial charge in [-0.2, -0.15) is 0 Å². The maximum Gasteiger partial charge on any atom is 0.306 e. The molecular weight excluding hydrogens is 913 g/mol. The second-order valence-corrected chi connectivity index (χ2v) is 21.3. The van der Waals surface area contributed by atoms with Crippen LogP contribution in [0.25, 0.3) is 0 Å². The Morgan fingerprint density at radius 2 is 0.527 bits per heavy atom. The molecule has 0 aliphatic heterocycles. The number of carbonyl (C=O) groups is 3. The molecule has 0 aromatic carbocycles. The number of carbonyl (C=O) groups excluding carboxylic acids is 3. The lowest BCUT2D eigenvalue weighted by molar-refractivity contribution is -0.167. The Bertz CT molecular complexity index is 1370. The molecule has 0 aromatic rings. The van der Waals surface area contributed by atoms with Gasteiger partial charge in [0.2, 0.25) is 0 Å². The Balaban J connectivity index is 4.37. The topological polar surface area (TPSA) is 78.9 Å². The first-order valence-corrected chi connectivity index (χ1v) is 31.9. The van der Waals surface area contributed by atoms with Crippen LogP contribution in [-0.2, 0) is 28.6 Å². The van der Waals surface area contributed by atoms with Crippen LogP contribution in [0.1, 0.15) is 323 Å². The Kier molecular flexibility index (Phi) is 59.7. The fourth-order valence-electron chi connectivity index (χ4n) is 9.17. The summed E-state index contributed by atoms with van der Waals surface area (Å²) in [6.07, 6.45) is 80.4. The summed E-state index contributed by atoms with van der Waals surface area (Å²) in [4.78, 5) is 38.3. The molecule has 0 aliphatic rings. The Labute approximate surface area is 459 Å². The summed E-state index contributed by atoms with van der Waals surface area (Å²) >= 11 is 0. The molecule has 0 bridgehead atoms. The molecule has 0 saturated carbocycles. The number of allylic oxidation sites excluding steroid dienone is 12. The molecule has 0 N–H and O–H groups in total. The molecule has 0 rings (SSSR count). The summed E-state index contributed by atoms with van der Waals surface area (Å²) in [7, 11) is 0. The van der Waals surface area contributed by atoms with Crippen molar-refractivity contribution in [2.24, 2.45) is 0 Å². The van der Waals surface area contributed by atoms with Crippen LogP contribution in [0.4, 0.5) is 0 Å². The third kappa shape index (κ3) is 59.7. The lowest BCUT2D eigenvalue weighted by Gasteiger charge is -2.18. The first-order valence-electron chi connectivity index (χ1n) is 31.9. The van der Waals surface area contributed by atoms with E-state index in [9.17, 15) is 14.4 Å². The van der Waals surface area contributed by atoms with Crippen molar-refractivity contribution in [2.75, 3.05) is 13.2 Å². The number of ether oxygens (including phenoxy) is 3. The SMILES string of the molecule is CC/C=C\C/C=C\C/C=C\C/C=C\C/C=C\CCCCCCCCCC(=O)OCC(COC(=O)CCCCCCC/C=C\CCCCCCCC)OC(=O)CCCCCCCCCCCCCCCCCCCC. The second kappa shape index (κ2) is 62.4. The molecule has 0 fully saturated rings. The molecule has 0 aliphatic carbocycles. The molecule has 1 unspecified atom stereocenters. The van der Waals surface area contributed by atoms with Gasteiger partial charge in [0, 0.05) is 19.3 Å². The summed E-state index contributed by atoms with van der Waals surface area (Å²) in [6, 6.07) is 0. The van der Waals surface area contributed by atoms with E-state index in [4.69, 9.17) is 14.2 Å². The van der Waals surface area contributed by atoms with Crippen molar-refractivity contribution >= 4 is 17.9 Å². The van der Waals surface area contributed by atoms with Crippen LogP contribution in [0.3, 0.4) is 0 Å². The van der Waals surface area contributed by atoms with Gasteiger partial charge in [-0.15, -0.1) is 0 Å². The van der Waals surface area contributed by atoms with Gasteiger partial charge in [0.15, 0.2) is 6.10 Å². The van der Waals surface area contributed by atoms with Gasteiger partial charge in [-0.3, -0.25) is 14.4 Å². The maximum atomic E-state index is 12.9. The zero-order valence-corrected chi connectivity index (χ0v) is 49.1. The predicted molar refractivity (Wildman–Crippen MR) is 321 cm³/mol. The lowest BCUT2D eigenvalue weighted by Crippen LogP contribution is -2.30. The Morgan fingerprint density at radius 1 is 0.284 bits per heavy atom. The average molecular weight is 1030 g/mol. The predicted octanol–water partition coefficient (Wildman–Crippen LogP) is 21.7. The van der Waals surface area contributed by atoms with E-state index in [1.807, 2.05) is 0 Å². The number of hydrogen-bond acceptors (Lipinski definition) is 6. The number of hydrogen-bond donors (Lipinski definition) is 0. The summed E-state index contributed by atoms with van der Waals surface area (Å²) in [5.74, 6) is -0.882. The van der Waals surface area contributed by atoms with Gasteiger partial charge < -0.3 is 14.2 Å². The van der Waals surface area contributed by atoms with Crippen molar-refractivity contribution in [3.63, 3.8) is 0 Å². The van der Waals surface area contributed by atoms with E-state index in [-0.39, 0.29) is 31.1 Å². The van der Waals surface area contributed by atoms with Crippen LogP contribution in [0.5, 0.6) is 0 Å². The van der Waals surface area contributed by atoms with Crippen molar-refractivity contribution in [1.29, 1.82) is 0 Å². The second-order valence-electron chi connectivity index (χ2n) is 21.3. The smallest absolute Gasteiger partial charge is 0.306 e. The van der Waals surface area contributed by atoms with Gasteiger partial charge in [-0.25, -0.2) is 0 Å². The molecule has 0 amide bonds. The third-order valence-corrected chi connectivity index (χ3v) is 13.9. The highest BCUT2D eigenvalue weighted by molar-refractivity contribution is 5.71. The Hall–Kier alpha value is -3.15. The van der Waals surface area contributed by atoms with Gasteiger partial charge in [0.25, 0.3) is 0 Å². The minimum Gasteiger partial charge on any atom is -0.462 e. The van der Waals surface area contributed by atoms with Crippen LogP contribution in [0.2, 0.25) is 0 Å². The van der Waals surface area contributed by atoms with E-state index in [1.54, 1.807) is 0 Å². The van der Waals surface area contributed by atoms with Gasteiger partial charge >= 0.3 is 17.9 Å². The van der Waals surface area contributed by atoms with Gasteiger partial charge in [-0.1, -0.05) is 286 Å². The first-order chi connectivity index (χ1) is 36.5. The maximum absolute atomic E-state index is 12.9. The highest BCUT2D eigenvalue weighted by Gasteiger charge is 2.19. The molecule has 0 heterocycles. The van der Waals surface area contributed by atoms with E-state index in [0.29, 0.717) is 19.3 Å². The van der Waals surface area contributed by atoms with Crippen molar-refractivity contribution in [3.05, 3.63) is 72.9 Å². The molecule has 0 saturated heterocycles. The highest BCUT2D eigenvalue weighted by atomic mass is 16.6. The van der Waals surface area contributed by atoms with E-state index >= 15 is 0 Å². The van der Waals surface area contributed by atoms with Crippen LogP contribution in [-0.4, -0.2) is 37.2 Å². The molecule has 0 aromatic heterocycles. The number of unbranched alkanes of at least 4 members (excludes halogenated alkanes) is 35. The molecule has 1 atom stereocenters. The minimum absolute atomic E-state index is 0.0802. The molecule has 0 radical (unpaired) electrons. The first kappa shape index (κ1) is 70.8. The molecule has 6 heteroatoms. The normalized spacial score (nSPS) is 12.5. The van der Waals surface area contributed by atoms with E-state index < -0.39 is 6.10 Å². The standard InChI is InChI=1S/C68H120O6/c1-4-7-10-13-16-19-22-25-28-30-32-33-34-35-36-38-40-43-46-49-52-55-58-61-67(70)73-64-65(63-72-66(69)60-57-54-51-48-45-42-39-27-24-21-18-15-12-9-6-3)74-68(71)62-59-56-53-50-47-44-41-37-31-29-26-23-20-17-14-11-8-5-2/h7,10,16,19,25,27-28,32-33,35-36,39,65H,4-6,8-9,11-15,17-18,20-24,26,29-31,34,37-38,40-64H2,1-3H3/b10-7-,19-16-,28-25-,33-32-,36-35-,39-27-. The molecule has 74 heavy (non-hydrogen) atoms. The quantitative estimate of drug-likeness (QED) is 0.0261. The van der Waals surface area contributed by atoms with E-state index in [2.05, 4.69) is 93.7 Å². The molecule has 6 nitrogen and oxygen atoms in total. The Morgan fingerprint density at radius 3 is 0.838 bits per heavy atom. The summed E-state index contributed by atoms with van der Waals surface area (Å²) < 4.78 is 16.9. The van der Waals surface area contributed by atoms with Gasteiger partial charge in [0.1, 0.15) is 13.2 Å². The molecule has 0 spiro atoms. The van der Waals surface area contributed by atoms with Crippen molar-refractivity contribution in [1.82, 2.24) is 0 Å². The lowest BCUT2D eigenvalue weighted by atomic mass is 10.0. The van der Waals surface area contributed by atoms with Crippen LogP contribution in [0.15, 0.2) is 72.9 Å². The third-order valence-electron chi connectivity index (χ3n) is 13.9. The largest absolute Gasteiger partial charge is 0.462 e. The van der Waals surface area contributed by atoms with Crippen LogP contribution < -0.4 is 0 Å². The van der Waals surface area contributed by atoms with E-state index in [0.717, 1.165) is 103 Å². The fraction of sp³-hybridized carbons (Fsp3) is 0.779. The summed E-state index contributed by atoms with van der Waals surface area (Å²) in [5.41, 5.74) is 0. The van der Waals surface area contributed by atoms with Crippen LogP contribution in [0, 0.1) is 0 Å². The van der Waals surface area contributed by atoms with Gasteiger partial charge in [0.05, 0.1) is 0 Å².